The number of aromatic nitrogens is 3. The van der Waals surface area contributed by atoms with Crippen LogP contribution in [-0.4, -0.2) is 44.7 Å². The van der Waals surface area contributed by atoms with Crippen LogP contribution < -0.4 is 0 Å². The first-order chi connectivity index (χ1) is 12.5. The number of nitrogens with zero attached hydrogens (tertiary/aromatic N) is 4. The third kappa shape index (κ3) is 2.38. The van der Waals surface area contributed by atoms with Crippen molar-refractivity contribution in [2.24, 2.45) is 0 Å². The molecule has 2 aliphatic rings. The van der Waals surface area contributed by atoms with Gasteiger partial charge in [-0.2, -0.15) is 0 Å². The fraction of sp³-hybridized carbons (Fsp3) is 0.400. The Morgan fingerprint density at radius 1 is 1.27 bits per heavy atom. The molecule has 1 aliphatic carbocycles. The highest BCUT2D eigenvalue weighted by atomic mass is 35.5. The molecule has 5 nitrogen and oxygen atoms in total. The molecule has 3 aromatic heterocycles. The van der Waals surface area contributed by atoms with Crippen LogP contribution in [0.25, 0.3) is 11.0 Å². The quantitative estimate of drug-likeness (QED) is 0.755. The third-order valence-corrected chi connectivity index (χ3v) is 6.08. The maximum atomic E-state index is 11.3. The molecule has 1 atom stereocenters. The molecule has 0 radical (unpaired) electrons. The predicted octanol–water partition coefficient (Wildman–Crippen LogP) is 2.56. The first-order valence-corrected chi connectivity index (χ1v) is 9.43. The van der Waals surface area contributed by atoms with Crippen LogP contribution in [0.5, 0.6) is 0 Å². The molecule has 0 saturated carbocycles. The Labute approximate surface area is 157 Å². The first-order valence-electron chi connectivity index (χ1n) is 9.05. The standard InChI is InChI=1S/C20H21ClN4O/c1-24-6-3-15-16-8-14(21)11-23-19(16)25(18(15)4-7-24)12-20(26)9-13-10-22-5-2-17(13)20/h2,5,8,10-11,26H,3-4,6-7,9,12H2,1H3. The molecule has 1 N–H and O–H groups in total. The van der Waals surface area contributed by atoms with Crippen molar-refractivity contribution in [3.8, 4) is 0 Å². The van der Waals surface area contributed by atoms with Crippen molar-refractivity contribution < 1.29 is 5.11 Å². The molecule has 1 unspecified atom stereocenters. The molecule has 0 bridgehead atoms. The van der Waals surface area contributed by atoms with Gasteiger partial charge in [0, 0.05) is 55.6 Å². The highest BCUT2D eigenvalue weighted by Crippen LogP contribution is 2.41. The normalized spacial score (nSPS) is 22.6. The van der Waals surface area contributed by atoms with E-state index in [0.29, 0.717) is 18.0 Å². The summed E-state index contributed by atoms with van der Waals surface area (Å²) < 4.78 is 2.23. The summed E-state index contributed by atoms with van der Waals surface area (Å²) in [5.41, 5.74) is 4.82. The van der Waals surface area contributed by atoms with Crippen molar-refractivity contribution in [2.45, 2.75) is 31.4 Å². The SMILES string of the molecule is CN1CCc2c(n(CC3(O)Cc4cnccc43)c3ncc(Cl)cc23)CC1. The van der Waals surface area contributed by atoms with Gasteiger partial charge in [0.2, 0.25) is 0 Å². The molecule has 5 rings (SSSR count). The Bertz CT molecular complexity index is 1010. The van der Waals surface area contributed by atoms with E-state index in [4.69, 9.17) is 11.6 Å². The number of pyridine rings is 2. The summed E-state index contributed by atoms with van der Waals surface area (Å²) in [6.45, 7) is 2.56. The average Bonchev–Trinajstić information content (AvgIpc) is 2.75. The Balaban J connectivity index is 1.64. The van der Waals surface area contributed by atoms with Crippen LogP contribution in [0.3, 0.4) is 0 Å². The van der Waals surface area contributed by atoms with Crippen LogP contribution in [0.1, 0.15) is 22.4 Å². The zero-order valence-electron chi connectivity index (χ0n) is 14.7. The van der Waals surface area contributed by atoms with Gasteiger partial charge in [-0.05, 0) is 42.3 Å². The van der Waals surface area contributed by atoms with E-state index in [2.05, 4.69) is 26.5 Å². The number of aliphatic hydroxyl groups is 1. The molecule has 6 heteroatoms. The summed E-state index contributed by atoms with van der Waals surface area (Å²) in [7, 11) is 2.16. The van der Waals surface area contributed by atoms with Crippen molar-refractivity contribution in [3.63, 3.8) is 0 Å². The molecular weight excluding hydrogens is 348 g/mol. The molecular formula is C20H21ClN4O. The Morgan fingerprint density at radius 2 is 2.12 bits per heavy atom. The van der Waals surface area contributed by atoms with E-state index in [0.717, 1.165) is 48.1 Å². The Hall–Kier alpha value is -1.95. The van der Waals surface area contributed by atoms with Crippen molar-refractivity contribution >= 4 is 22.6 Å². The van der Waals surface area contributed by atoms with E-state index in [1.807, 2.05) is 18.3 Å². The molecule has 0 aromatic carbocycles. The zero-order chi connectivity index (χ0) is 17.9. The summed E-state index contributed by atoms with van der Waals surface area (Å²) in [5.74, 6) is 0. The van der Waals surface area contributed by atoms with Crippen LogP contribution in [0.2, 0.25) is 5.02 Å². The predicted molar refractivity (Wildman–Crippen MR) is 101 cm³/mol. The lowest BCUT2D eigenvalue weighted by Gasteiger charge is -2.39. The summed E-state index contributed by atoms with van der Waals surface area (Å²) in [4.78, 5) is 11.1. The smallest absolute Gasteiger partial charge is 0.140 e. The second-order valence-corrected chi connectivity index (χ2v) is 8.02. The topological polar surface area (TPSA) is 54.2 Å². The number of hydrogen-bond donors (Lipinski definition) is 1. The third-order valence-electron chi connectivity index (χ3n) is 5.87. The van der Waals surface area contributed by atoms with E-state index in [-0.39, 0.29) is 0 Å². The maximum Gasteiger partial charge on any atom is 0.140 e. The van der Waals surface area contributed by atoms with Gasteiger partial charge < -0.3 is 14.6 Å². The van der Waals surface area contributed by atoms with Gasteiger partial charge in [0.25, 0.3) is 0 Å². The van der Waals surface area contributed by atoms with Gasteiger partial charge in [0.1, 0.15) is 11.2 Å². The van der Waals surface area contributed by atoms with Crippen molar-refractivity contribution in [3.05, 3.63) is 58.1 Å². The van der Waals surface area contributed by atoms with Gasteiger partial charge in [0.15, 0.2) is 0 Å². The highest BCUT2D eigenvalue weighted by molar-refractivity contribution is 6.31. The number of fused-ring (bicyclic) bond motifs is 4. The van der Waals surface area contributed by atoms with Gasteiger partial charge in [-0.25, -0.2) is 4.98 Å². The number of halogens is 1. The molecule has 4 heterocycles. The summed E-state index contributed by atoms with van der Waals surface area (Å²) >= 11 is 6.24. The molecule has 0 saturated heterocycles. The lowest BCUT2D eigenvalue weighted by atomic mass is 9.74. The Kier molecular flexibility index (Phi) is 3.61. The van der Waals surface area contributed by atoms with Crippen LogP contribution in [0.15, 0.2) is 30.7 Å². The summed E-state index contributed by atoms with van der Waals surface area (Å²) in [5, 5.41) is 13.0. The minimum absolute atomic E-state index is 0.522. The van der Waals surface area contributed by atoms with E-state index < -0.39 is 5.60 Å². The lowest BCUT2D eigenvalue weighted by molar-refractivity contribution is -0.00470. The van der Waals surface area contributed by atoms with Gasteiger partial charge in [-0.15, -0.1) is 0 Å². The van der Waals surface area contributed by atoms with Crippen LogP contribution in [0, 0.1) is 0 Å². The first kappa shape index (κ1) is 16.2. The molecule has 0 spiro atoms. The monoisotopic (exact) mass is 368 g/mol. The average molecular weight is 369 g/mol. The van der Waals surface area contributed by atoms with Gasteiger partial charge in [-0.3, -0.25) is 4.98 Å². The lowest BCUT2D eigenvalue weighted by Crippen LogP contribution is -2.43. The molecule has 134 valence electrons. The number of hydrogen-bond acceptors (Lipinski definition) is 4. The molecule has 0 fully saturated rings. The maximum absolute atomic E-state index is 11.3. The summed E-state index contributed by atoms with van der Waals surface area (Å²) in [6.07, 6.45) is 7.89. The fourth-order valence-electron chi connectivity index (χ4n) is 4.49. The Morgan fingerprint density at radius 3 is 2.96 bits per heavy atom. The van der Waals surface area contributed by atoms with Crippen LogP contribution >= 0.6 is 11.6 Å². The van der Waals surface area contributed by atoms with Crippen molar-refractivity contribution in [1.29, 1.82) is 0 Å². The van der Waals surface area contributed by atoms with Crippen molar-refractivity contribution in [2.75, 3.05) is 20.1 Å². The van der Waals surface area contributed by atoms with Gasteiger partial charge in [0.05, 0.1) is 11.6 Å². The second-order valence-electron chi connectivity index (χ2n) is 7.58. The minimum atomic E-state index is -0.850. The minimum Gasteiger partial charge on any atom is -0.383 e. The van der Waals surface area contributed by atoms with Gasteiger partial charge in [-0.1, -0.05) is 11.6 Å². The molecule has 0 amide bonds. The van der Waals surface area contributed by atoms with Crippen LogP contribution in [0.4, 0.5) is 0 Å². The van der Waals surface area contributed by atoms with E-state index in [1.165, 1.54) is 11.3 Å². The zero-order valence-corrected chi connectivity index (χ0v) is 15.5. The largest absolute Gasteiger partial charge is 0.383 e. The number of rotatable bonds is 2. The highest BCUT2D eigenvalue weighted by Gasteiger charge is 2.42. The molecule has 3 aromatic rings. The summed E-state index contributed by atoms with van der Waals surface area (Å²) in [6, 6.07) is 3.95. The fourth-order valence-corrected chi connectivity index (χ4v) is 4.65. The van der Waals surface area contributed by atoms with E-state index in [9.17, 15) is 5.11 Å². The van der Waals surface area contributed by atoms with E-state index in [1.54, 1.807) is 12.4 Å². The van der Waals surface area contributed by atoms with E-state index >= 15 is 0 Å². The molecule has 26 heavy (non-hydrogen) atoms. The number of likely N-dealkylation sites (N-methyl/N-ethyl adjacent to an activating group) is 1. The second kappa shape index (κ2) is 5.78. The molecule has 1 aliphatic heterocycles. The van der Waals surface area contributed by atoms with Gasteiger partial charge >= 0.3 is 0 Å². The van der Waals surface area contributed by atoms with Crippen molar-refractivity contribution in [1.82, 2.24) is 19.4 Å². The van der Waals surface area contributed by atoms with Crippen LogP contribution in [-0.2, 0) is 31.4 Å².